The summed E-state index contributed by atoms with van der Waals surface area (Å²) >= 11 is 0. The predicted octanol–water partition coefficient (Wildman–Crippen LogP) is 3.35. The number of nitrogens with one attached hydrogen (secondary N) is 1. The van der Waals surface area contributed by atoms with Crippen molar-refractivity contribution < 1.29 is 4.79 Å². The lowest BCUT2D eigenvalue weighted by molar-refractivity contribution is 0.0951. The SMILES string of the molecule is Nc1ccc(CNC(=O)c2ccc3ccccc3c2)cc1. The van der Waals surface area contributed by atoms with Crippen LogP contribution in [0, 0.1) is 0 Å². The average Bonchev–Trinajstić information content (AvgIpc) is 2.53. The molecule has 3 aromatic rings. The Hall–Kier alpha value is -2.81. The fourth-order valence-electron chi connectivity index (χ4n) is 2.25. The standard InChI is InChI=1S/C18H16N2O/c19-17-9-5-13(6-10-17)12-20-18(21)16-8-7-14-3-1-2-4-15(14)11-16/h1-11H,12,19H2,(H,20,21). The summed E-state index contributed by atoms with van der Waals surface area (Å²) in [5, 5.41) is 5.12. The van der Waals surface area contributed by atoms with E-state index in [4.69, 9.17) is 5.73 Å². The summed E-state index contributed by atoms with van der Waals surface area (Å²) in [7, 11) is 0. The number of carbonyl (C=O) groups is 1. The smallest absolute Gasteiger partial charge is 0.251 e. The van der Waals surface area contributed by atoms with Crippen LogP contribution in [0.1, 0.15) is 15.9 Å². The minimum Gasteiger partial charge on any atom is -0.399 e. The van der Waals surface area contributed by atoms with Crippen LogP contribution in [-0.4, -0.2) is 5.91 Å². The van der Waals surface area contributed by atoms with E-state index in [2.05, 4.69) is 5.32 Å². The molecule has 0 atom stereocenters. The maximum Gasteiger partial charge on any atom is 0.251 e. The van der Waals surface area contributed by atoms with Gasteiger partial charge in [0.05, 0.1) is 0 Å². The Morgan fingerprint density at radius 2 is 1.62 bits per heavy atom. The van der Waals surface area contributed by atoms with Crippen LogP contribution in [0.15, 0.2) is 66.7 Å². The summed E-state index contributed by atoms with van der Waals surface area (Å²) in [6, 6.07) is 21.2. The molecule has 0 saturated heterocycles. The molecule has 0 aromatic heterocycles. The van der Waals surface area contributed by atoms with Gasteiger partial charge in [-0.25, -0.2) is 0 Å². The first kappa shape index (κ1) is 13.2. The molecule has 0 fully saturated rings. The van der Waals surface area contributed by atoms with Gasteiger partial charge in [0.25, 0.3) is 5.91 Å². The van der Waals surface area contributed by atoms with Crippen molar-refractivity contribution in [1.29, 1.82) is 0 Å². The number of amides is 1. The van der Waals surface area contributed by atoms with Crippen LogP contribution in [0.5, 0.6) is 0 Å². The lowest BCUT2D eigenvalue weighted by Crippen LogP contribution is -2.22. The van der Waals surface area contributed by atoms with Crippen molar-refractivity contribution in [3.63, 3.8) is 0 Å². The van der Waals surface area contributed by atoms with E-state index in [0.717, 1.165) is 22.0 Å². The number of nitrogen functional groups attached to an aromatic ring is 1. The van der Waals surface area contributed by atoms with E-state index < -0.39 is 0 Å². The molecule has 0 bridgehead atoms. The number of rotatable bonds is 3. The Balaban J connectivity index is 1.73. The highest BCUT2D eigenvalue weighted by atomic mass is 16.1. The van der Waals surface area contributed by atoms with Crippen LogP contribution in [0.3, 0.4) is 0 Å². The first-order chi connectivity index (χ1) is 10.2. The van der Waals surface area contributed by atoms with E-state index in [1.807, 2.05) is 66.7 Å². The van der Waals surface area contributed by atoms with Gasteiger partial charge in [-0.1, -0.05) is 42.5 Å². The summed E-state index contributed by atoms with van der Waals surface area (Å²) in [5.74, 6) is -0.0717. The second-order valence-corrected chi connectivity index (χ2v) is 4.99. The van der Waals surface area contributed by atoms with Crippen molar-refractivity contribution in [2.24, 2.45) is 0 Å². The quantitative estimate of drug-likeness (QED) is 0.721. The van der Waals surface area contributed by atoms with Gasteiger partial charge in [-0.2, -0.15) is 0 Å². The summed E-state index contributed by atoms with van der Waals surface area (Å²) in [6.45, 7) is 0.492. The van der Waals surface area contributed by atoms with E-state index in [1.54, 1.807) is 0 Å². The normalized spacial score (nSPS) is 10.5. The zero-order valence-corrected chi connectivity index (χ0v) is 11.5. The van der Waals surface area contributed by atoms with Crippen molar-refractivity contribution in [3.05, 3.63) is 77.9 Å². The van der Waals surface area contributed by atoms with Crippen LogP contribution in [-0.2, 0) is 6.54 Å². The molecular weight excluding hydrogens is 260 g/mol. The van der Waals surface area contributed by atoms with Crippen molar-refractivity contribution in [3.8, 4) is 0 Å². The number of nitrogens with two attached hydrogens (primary N) is 1. The Labute approximate surface area is 123 Å². The maximum atomic E-state index is 12.2. The molecule has 0 spiro atoms. The minimum atomic E-state index is -0.0717. The first-order valence-corrected chi connectivity index (χ1v) is 6.84. The van der Waals surface area contributed by atoms with Gasteiger partial charge in [-0.3, -0.25) is 4.79 Å². The van der Waals surface area contributed by atoms with Crippen molar-refractivity contribution in [1.82, 2.24) is 5.32 Å². The molecule has 0 radical (unpaired) electrons. The molecule has 0 unspecified atom stereocenters. The second-order valence-electron chi connectivity index (χ2n) is 4.99. The molecule has 0 saturated carbocycles. The van der Waals surface area contributed by atoms with Gasteiger partial charge in [0, 0.05) is 17.8 Å². The molecule has 0 aliphatic heterocycles. The summed E-state index contributed by atoms with van der Waals surface area (Å²) in [5.41, 5.74) is 8.06. The Morgan fingerprint density at radius 3 is 2.38 bits per heavy atom. The summed E-state index contributed by atoms with van der Waals surface area (Å²) in [6.07, 6.45) is 0. The average molecular weight is 276 g/mol. The molecule has 3 N–H and O–H groups in total. The van der Waals surface area contributed by atoms with Crippen LogP contribution in [0.25, 0.3) is 10.8 Å². The number of fused-ring (bicyclic) bond motifs is 1. The third-order valence-corrected chi connectivity index (χ3v) is 3.44. The lowest BCUT2D eigenvalue weighted by atomic mass is 10.1. The largest absolute Gasteiger partial charge is 0.399 e. The van der Waals surface area contributed by atoms with Gasteiger partial charge >= 0.3 is 0 Å². The number of hydrogen-bond donors (Lipinski definition) is 2. The van der Waals surface area contributed by atoms with Gasteiger partial charge < -0.3 is 11.1 Å². The molecule has 3 rings (SSSR count). The second kappa shape index (κ2) is 5.67. The van der Waals surface area contributed by atoms with Crippen molar-refractivity contribution in [2.75, 3.05) is 5.73 Å². The van der Waals surface area contributed by atoms with E-state index >= 15 is 0 Å². The fourth-order valence-corrected chi connectivity index (χ4v) is 2.25. The lowest BCUT2D eigenvalue weighted by Gasteiger charge is -2.07. The monoisotopic (exact) mass is 276 g/mol. The Morgan fingerprint density at radius 1 is 0.905 bits per heavy atom. The molecule has 3 nitrogen and oxygen atoms in total. The number of anilines is 1. The molecule has 0 aliphatic carbocycles. The van der Waals surface area contributed by atoms with Gasteiger partial charge in [0.15, 0.2) is 0 Å². The van der Waals surface area contributed by atoms with E-state index in [0.29, 0.717) is 12.1 Å². The number of carbonyl (C=O) groups excluding carboxylic acids is 1. The molecule has 3 aromatic carbocycles. The van der Waals surface area contributed by atoms with Crippen LogP contribution >= 0.6 is 0 Å². The highest BCUT2D eigenvalue weighted by molar-refractivity contribution is 5.98. The molecule has 0 heterocycles. The first-order valence-electron chi connectivity index (χ1n) is 6.84. The van der Waals surface area contributed by atoms with Gasteiger partial charge in [-0.15, -0.1) is 0 Å². The Bertz CT molecular complexity index is 779. The molecule has 21 heavy (non-hydrogen) atoms. The van der Waals surface area contributed by atoms with Gasteiger partial charge in [0.1, 0.15) is 0 Å². The van der Waals surface area contributed by atoms with Gasteiger partial charge in [0.2, 0.25) is 0 Å². The highest BCUT2D eigenvalue weighted by Crippen LogP contribution is 2.15. The zero-order valence-electron chi connectivity index (χ0n) is 11.5. The van der Waals surface area contributed by atoms with Crippen LogP contribution in [0.4, 0.5) is 5.69 Å². The van der Waals surface area contributed by atoms with E-state index in [9.17, 15) is 4.79 Å². The van der Waals surface area contributed by atoms with Crippen LogP contribution < -0.4 is 11.1 Å². The van der Waals surface area contributed by atoms with E-state index in [1.165, 1.54) is 0 Å². The fraction of sp³-hybridized carbons (Fsp3) is 0.0556. The maximum absolute atomic E-state index is 12.2. The summed E-state index contributed by atoms with van der Waals surface area (Å²) in [4.78, 5) is 12.2. The van der Waals surface area contributed by atoms with E-state index in [-0.39, 0.29) is 5.91 Å². The predicted molar refractivity (Wildman–Crippen MR) is 86.0 cm³/mol. The highest BCUT2D eigenvalue weighted by Gasteiger charge is 2.06. The van der Waals surface area contributed by atoms with Crippen molar-refractivity contribution >= 4 is 22.4 Å². The van der Waals surface area contributed by atoms with Gasteiger partial charge in [-0.05, 0) is 40.6 Å². The third kappa shape index (κ3) is 3.03. The molecule has 3 heteroatoms. The molecule has 104 valence electrons. The molecule has 0 aliphatic rings. The topological polar surface area (TPSA) is 55.1 Å². The number of benzene rings is 3. The van der Waals surface area contributed by atoms with Crippen LogP contribution in [0.2, 0.25) is 0 Å². The number of hydrogen-bond acceptors (Lipinski definition) is 2. The van der Waals surface area contributed by atoms with Crippen molar-refractivity contribution in [2.45, 2.75) is 6.54 Å². The molecular formula is C18H16N2O. The third-order valence-electron chi connectivity index (χ3n) is 3.44. The zero-order chi connectivity index (χ0) is 14.7. The Kier molecular flexibility index (Phi) is 3.56. The minimum absolute atomic E-state index is 0.0717. The molecule has 1 amide bonds. The summed E-state index contributed by atoms with van der Waals surface area (Å²) < 4.78 is 0.